The van der Waals surface area contributed by atoms with Crippen LogP contribution in [0.15, 0.2) is 6.33 Å². The summed E-state index contributed by atoms with van der Waals surface area (Å²) in [5.74, 6) is 2.08. The Morgan fingerprint density at radius 1 is 1.56 bits per heavy atom. The number of aryl methyl sites for hydroxylation is 1. The fourth-order valence-corrected chi connectivity index (χ4v) is 2.11. The maximum absolute atomic E-state index is 4.08. The molecule has 4 heteroatoms. The van der Waals surface area contributed by atoms with E-state index < -0.39 is 0 Å². The van der Waals surface area contributed by atoms with Crippen molar-refractivity contribution in [3.8, 4) is 0 Å². The van der Waals surface area contributed by atoms with Gasteiger partial charge in [0.05, 0.1) is 0 Å². The van der Waals surface area contributed by atoms with Gasteiger partial charge in [-0.2, -0.15) is 0 Å². The summed E-state index contributed by atoms with van der Waals surface area (Å²) in [5, 5.41) is 11.6. The van der Waals surface area contributed by atoms with Crippen molar-refractivity contribution >= 4 is 0 Å². The van der Waals surface area contributed by atoms with Crippen molar-refractivity contribution in [1.29, 1.82) is 0 Å². The van der Waals surface area contributed by atoms with Crippen molar-refractivity contribution in [3.05, 3.63) is 12.2 Å². The SMILES string of the molecule is CCc1nncn1CCNC(C)CC1CC1. The molecule has 1 aromatic rings. The first-order valence-electron chi connectivity index (χ1n) is 6.39. The summed E-state index contributed by atoms with van der Waals surface area (Å²) in [5.41, 5.74) is 0. The van der Waals surface area contributed by atoms with E-state index in [2.05, 4.69) is 33.9 Å². The van der Waals surface area contributed by atoms with Crippen LogP contribution in [0.25, 0.3) is 0 Å². The van der Waals surface area contributed by atoms with E-state index in [1.807, 2.05) is 6.33 Å². The molecule has 1 atom stereocenters. The zero-order valence-electron chi connectivity index (χ0n) is 10.3. The van der Waals surface area contributed by atoms with Crippen molar-refractivity contribution in [1.82, 2.24) is 20.1 Å². The van der Waals surface area contributed by atoms with Crippen LogP contribution in [0.4, 0.5) is 0 Å². The molecule has 1 aliphatic rings. The molecular formula is C12H22N4. The molecule has 0 aromatic carbocycles. The zero-order chi connectivity index (χ0) is 11.4. The highest BCUT2D eigenvalue weighted by atomic mass is 15.3. The predicted octanol–water partition coefficient (Wildman–Crippen LogP) is 1.62. The molecule has 1 saturated carbocycles. The van der Waals surface area contributed by atoms with Crippen LogP contribution in [0.1, 0.15) is 38.9 Å². The molecule has 1 unspecified atom stereocenters. The summed E-state index contributed by atoms with van der Waals surface area (Å²) in [7, 11) is 0. The lowest BCUT2D eigenvalue weighted by Crippen LogP contribution is -2.30. The number of hydrogen-bond acceptors (Lipinski definition) is 3. The summed E-state index contributed by atoms with van der Waals surface area (Å²) in [4.78, 5) is 0. The molecule has 4 nitrogen and oxygen atoms in total. The summed E-state index contributed by atoms with van der Waals surface area (Å²) >= 11 is 0. The van der Waals surface area contributed by atoms with E-state index in [1.165, 1.54) is 19.3 Å². The minimum absolute atomic E-state index is 0.647. The lowest BCUT2D eigenvalue weighted by atomic mass is 10.1. The van der Waals surface area contributed by atoms with Gasteiger partial charge in [-0.25, -0.2) is 0 Å². The molecule has 0 amide bonds. The molecule has 90 valence electrons. The Balaban J connectivity index is 1.66. The lowest BCUT2D eigenvalue weighted by molar-refractivity contribution is 0.466. The van der Waals surface area contributed by atoms with Crippen molar-refractivity contribution in [2.75, 3.05) is 6.54 Å². The second kappa shape index (κ2) is 5.43. The molecule has 1 aliphatic carbocycles. The van der Waals surface area contributed by atoms with Gasteiger partial charge in [-0.3, -0.25) is 0 Å². The maximum atomic E-state index is 4.08. The van der Waals surface area contributed by atoms with E-state index in [1.54, 1.807) is 0 Å². The van der Waals surface area contributed by atoms with Crippen molar-refractivity contribution in [2.45, 2.75) is 52.1 Å². The molecule has 0 aliphatic heterocycles. The number of nitrogens with zero attached hydrogens (tertiary/aromatic N) is 3. The minimum Gasteiger partial charge on any atom is -0.316 e. The van der Waals surface area contributed by atoms with Crippen molar-refractivity contribution < 1.29 is 0 Å². The Morgan fingerprint density at radius 3 is 3.06 bits per heavy atom. The first-order chi connectivity index (χ1) is 7.79. The summed E-state index contributed by atoms with van der Waals surface area (Å²) in [6, 6.07) is 0.647. The Hall–Kier alpha value is -0.900. The average Bonchev–Trinajstić information content (AvgIpc) is 2.96. The topological polar surface area (TPSA) is 42.7 Å². The highest BCUT2D eigenvalue weighted by Gasteiger charge is 2.23. The van der Waals surface area contributed by atoms with Gasteiger partial charge in [-0.15, -0.1) is 10.2 Å². The zero-order valence-corrected chi connectivity index (χ0v) is 10.3. The van der Waals surface area contributed by atoms with E-state index in [4.69, 9.17) is 0 Å². The van der Waals surface area contributed by atoms with Gasteiger partial charge in [0.1, 0.15) is 12.2 Å². The number of hydrogen-bond donors (Lipinski definition) is 1. The third-order valence-electron chi connectivity index (χ3n) is 3.24. The van der Waals surface area contributed by atoms with E-state index in [9.17, 15) is 0 Å². The number of aromatic nitrogens is 3. The minimum atomic E-state index is 0.647. The highest BCUT2D eigenvalue weighted by Crippen LogP contribution is 2.33. The lowest BCUT2D eigenvalue weighted by Gasteiger charge is -2.13. The Kier molecular flexibility index (Phi) is 3.93. The van der Waals surface area contributed by atoms with Crippen LogP contribution in [0.2, 0.25) is 0 Å². The van der Waals surface area contributed by atoms with Crippen LogP contribution in [0.3, 0.4) is 0 Å². The maximum Gasteiger partial charge on any atom is 0.132 e. The first-order valence-corrected chi connectivity index (χ1v) is 6.39. The molecular weight excluding hydrogens is 200 g/mol. The van der Waals surface area contributed by atoms with Gasteiger partial charge in [-0.1, -0.05) is 19.8 Å². The van der Waals surface area contributed by atoms with E-state index in [-0.39, 0.29) is 0 Å². The highest BCUT2D eigenvalue weighted by molar-refractivity contribution is 4.84. The monoisotopic (exact) mass is 222 g/mol. The standard InChI is InChI=1S/C12H22N4/c1-3-12-15-14-9-16(12)7-6-13-10(2)8-11-4-5-11/h9-11,13H,3-8H2,1-2H3. The van der Waals surface area contributed by atoms with Gasteiger partial charge >= 0.3 is 0 Å². The fourth-order valence-electron chi connectivity index (χ4n) is 2.11. The second-order valence-electron chi connectivity index (χ2n) is 4.83. The van der Waals surface area contributed by atoms with E-state index >= 15 is 0 Å². The third kappa shape index (κ3) is 3.30. The molecule has 16 heavy (non-hydrogen) atoms. The fraction of sp³-hybridized carbons (Fsp3) is 0.833. The number of nitrogens with one attached hydrogen (secondary N) is 1. The Bertz CT molecular complexity index is 317. The molecule has 0 saturated heterocycles. The van der Waals surface area contributed by atoms with E-state index in [0.717, 1.165) is 31.3 Å². The molecule has 1 N–H and O–H groups in total. The summed E-state index contributed by atoms with van der Waals surface area (Å²) in [6.45, 7) is 6.39. The summed E-state index contributed by atoms with van der Waals surface area (Å²) in [6.07, 6.45) is 7.00. The quantitative estimate of drug-likeness (QED) is 0.762. The van der Waals surface area contributed by atoms with Crippen molar-refractivity contribution in [3.63, 3.8) is 0 Å². The van der Waals surface area contributed by atoms with Gasteiger partial charge in [0.2, 0.25) is 0 Å². The predicted molar refractivity (Wildman–Crippen MR) is 64.2 cm³/mol. The molecule has 1 fully saturated rings. The van der Waals surface area contributed by atoms with Gasteiger partial charge in [0.25, 0.3) is 0 Å². The molecule has 1 heterocycles. The third-order valence-corrected chi connectivity index (χ3v) is 3.24. The average molecular weight is 222 g/mol. The first kappa shape index (κ1) is 11.6. The molecule has 0 radical (unpaired) electrons. The number of rotatable bonds is 7. The van der Waals surface area contributed by atoms with Crippen LogP contribution in [0, 0.1) is 5.92 Å². The van der Waals surface area contributed by atoms with E-state index in [0.29, 0.717) is 6.04 Å². The Labute approximate surface area is 97.5 Å². The van der Waals surface area contributed by atoms with Crippen LogP contribution in [0.5, 0.6) is 0 Å². The van der Waals surface area contributed by atoms with Crippen LogP contribution in [-0.4, -0.2) is 27.4 Å². The second-order valence-corrected chi connectivity index (χ2v) is 4.83. The normalized spacial score (nSPS) is 17.6. The van der Waals surface area contributed by atoms with Crippen LogP contribution in [-0.2, 0) is 13.0 Å². The van der Waals surface area contributed by atoms with Gasteiger partial charge in [-0.05, 0) is 19.3 Å². The molecule has 2 rings (SSSR count). The Morgan fingerprint density at radius 2 is 2.38 bits per heavy atom. The molecule has 0 bridgehead atoms. The van der Waals surface area contributed by atoms with Gasteiger partial charge < -0.3 is 9.88 Å². The molecule has 1 aromatic heterocycles. The van der Waals surface area contributed by atoms with Crippen molar-refractivity contribution in [2.24, 2.45) is 5.92 Å². The van der Waals surface area contributed by atoms with Gasteiger partial charge in [0, 0.05) is 25.6 Å². The summed E-state index contributed by atoms with van der Waals surface area (Å²) < 4.78 is 2.14. The smallest absolute Gasteiger partial charge is 0.132 e. The van der Waals surface area contributed by atoms with Gasteiger partial charge in [0.15, 0.2) is 0 Å². The van der Waals surface area contributed by atoms with Crippen LogP contribution < -0.4 is 5.32 Å². The largest absolute Gasteiger partial charge is 0.316 e. The van der Waals surface area contributed by atoms with Crippen LogP contribution >= 0.6 is 0 Å². The molecule has 0 spiro atoms.